The summed E-state index contributed by atoms with van der Waals surface area (Å²) in [4.78, 5) is 71.4. The van der Waals surface area contributed by atoms with E-state index in [9.17, 15) is 33.9 Å². The third-order valence-corrected chi connectivity index (χ3v) is 4.61. The molecular formula is C20H35N5O8. The van der Waals surface area contributed by atoms with E-state index in [4.69, 9.17) is 16.6 Å². The zero-order valence-electron chi connectivity index (χ0n) is 19.3. The maximum atomic E-state index is 12.8. The molecule has 0 saturated carbocycles. The first-order valence-electron chi connectivity index (χ1n) is 10.5. The Balaban J connectivity index is 5.58. The van der Waals surface area contributed by atoms with Gasteiger partial charge < -0.3 is 37.6 Å². The fourth-order valence-electron chi connectivity index (χ4n) is 2.88. The molecular weight excluding hydrogens is 438 g/mol. The van der Waals surface area contributed by atoms with E-state index in [-0.39, 0.29) is 12.3 Å². The SMILES string of the molecule is CC(C)CC(N)C(=O)NC(CC(N)=O)C(=O)NC(CCC(=O)O)C(=O)NC(C(=O)O)C(C)C. The van der Waals surface area contributed by atoms with E-state index in [0.717, 1.165) is 0 Å². The lowest BCUT2D eigenvalue weighted by molar-refractivity contribution is -0.144. The first-order chi connectivity index (χ1) is 15.1. The molecule has 0 spiro atoms. The average molecular weight is 474 g/mol. The van der Waals surface area contributed by atoms with Gasteiger partial charge in [-0.15, -0.1) is 0 Å². The fraction of sp³-hybridized carbons (Fsp3) is 0.700. The molecule has 0 aromatic carbocycles. The number of carboxylic acid groups (broad SMARTS) is 2. The third kappa shape index (κ3) is 11.8. The van der Waals surface area contributed by atoms with E-state index in [1.165, 1.54) is 0 Å². The van der Waals surface area contributed by atoms with Crippen molar-refractivity contribution >= 4 is 35.6 Å². The van der Waals surface area contributed by atoms with Gasteiger partial charge in [0.05, 0.1) is 12.5 Å². The number of nitrogens with two attached hydrogens (primary N) is 2. The summed E-state index contributed by atoms with van der Waals surface area (Å²) >= 11 is 0. The van der Waals surface area contributed by atoms with Gasteiger partial charge in [-0.3, -0.25) is 24.0 Å². The number of hydrogen-bond donors (Lipinski definition) is 7. The highest BCUT2D eigenvalue weighted by Crippen LogP contribution is 2.07. The smallest absolute Gasteiger partial charge is 0.326 e. The van der Waals surface area contributed by atoms with Crippen LogP contribution in [0.3, 0.4) is 0 Å². The predicted molar refractivity (Wildman–Crippen MR) is 116 cm³/mol. The molecule has 0 rings (SSSR count). The van der Waals surface area contributed by atoms with Crippen LogP contribution in [0.1, 0.15) is 53.4 Å². The van der Waals surface area contributed by atoms with Gasteiger partial charge in [-0.1, -0.05) is 27.7 Å². The lowest BCUT2D eigenvalue weighted by Gasteiger charge is -2.25. The molecule has 13 nitrogen and oxygen atoms in total. The molecule has 4 amide bonds. The van der Waals surface area contributed by atoms with Gasteiger partial charge in [-0.2, -0.15) is 0 Å². The molecule has 13 heteroatoms. The van der Waals surface area contributed by atoms with Crippen molar-refractivity contribution < 1.29 is 39.0 Å². The van der Waals surface area contributed by atoms with Crippen LogP contribution in [0, 0.1) is 11.8 Å². The van der Waals surface area contributed by atoms with Gasteiger partial charge in [0.15, 0.2) is 0 Å². The monoisotopic (exact) mass is 473 g/mol. The zero-order valence-corrected chi connectivity index (χ0v) is 19.3. The van der Waals surface area contributed by atoms with Gasteiger partial charge in [0.2, 0.25) is 23.6 Å². The minimum atomic E-state index is -1.46. The number of aliphatic carboxylic acids is 2. The number of carbonyl (C=O) groups excluding carboxylic acids is 4. The van der Waals surface area contributed by atoms with Gasteiger partial charge in [-0.25, -0.2) is 4.79 Å². The summed E-state index contributed by atoms with van der Waals surface area (Å²) in [6.07, 6.45) is -1.15. The molecule has 0 aliphatic carbocycles. The lowest BCUT2D eigenvalue weighted by atomic mass is 10.0. The van der Waals surface area contributed by atoms with Gasteiger partial charge in [0, 0.05) is 6.42 Å². The maximum Gasteiger partial charge on any atom is 0.326 e. The van der Waals surface area contributed by atoms with Crippen LogP contribution < -0.4 is 27.4 Å². The molecule has 188 valence electrons. The van der Waals surface area contributed by atoms with Crippen LogP contribution in [0.25, 0.3) is 0 Å². The Kier molecular flexibility index (Phi) is 12.7. The Morgan fingerprint density at radius 2 is 1.33 bits per heavy atom. The summed E-state index contributed by atoms with van der Waals surface area (Å²) in [7, 11) is 0. The predicted octanol–water partition coefficient (Wildman–Crippen LogP) is -1.70. The second kappa shape index (κ2) is 14.0. The normalized spacial score (nSPS) is 14.6. The molecule has 4 unspecified atom stereocenters. The molecule has 33 heavy (non-hydrogen) atoms. The largest absolute Gasteiger partial charge is 0.481 e. The van der Waals surface area contributed by atoms with Crippen LogP contribution in [-0.2, 0) is 28.8 Å². The Morgan fingerprint density at radius 1 is 0.818 bits per heavy atom. The second-order valence-electron chi connectivity index (χ2n) is 8.53. The highest BCUT2D eigenvalue weighted by Gasteiger charge is 2.32. The summed E-state index contributed by atoms with van der Waals surface area (Å²) < 4.78 is 0. The van der Waals surface area contributed by atoms with Crippen LogP contribution in [0.15, 0.2) is 0 Å². The first-order valence-corrected chi connectivity index (χ1v) is 10.5. The average Bonchev–Trinajstić information content (AvgIpc) is 2.66. The summed E-state index contributed by atoms with van der Waals surface area (Å²) in [6.45, 7) is 6.80. The van der Waals surface area contributed by atoms with Crippen molar-refractivity contribution in [2.75, 3.05) is 0 Å². The van der Waals surface area contributed by atoms with E-state index >= 15 is 0 Å². The van der Waals surface area contributed by atoms with Gasteiger partial charge in [-0.05, 0) is 24.7 Å². The van der Waals surface area contributed by atoms with Crippen LogP contribution >= 0.6 is 0 Å². The van der Waals surface area contributed by atoms with Crippen LogP contribution in [0.5, 0.6) is 0 Å². The topological polar surface area (TPSA) is 231 Å². The van der Waals surface area contributed by atoms with Gasteiger partial charge in [0.25, 0.3) is 0 Å². The fourth-order valence-corrected chi connectivity index (χ4v) is 2.88. The summed E-state index contributed by atoms with van der Waals surface area (Å²) in [5.41, 5.74) is 11.0. The number of carboxylic acids is 2. The molecule has 0 bridgehead atoms. The molecule has 0 aliphatic heterocycles. The van der Waals surface area contributed by atoms with Crippen molar-refractivity contribution in [3.8, 4) is 0 Å². The quantitative estimate of drug-likeness (QED) is 0.143. The second-order valence-corrected chi connectivity index (χ2v) is 8.53. The summed E-state index contributed by atoms with van der Waals surface area (Å²) in [6, 6.07) is -5.14. The summed E-state index contributed by atoms with van der Waals surface area (Å²) in [5.74, 6) is -6.48. The third-order valence-electron chi connectivity index (χ3n) is 4.61. The van der Waals surface area contributed by atoms with Crippen molar-refractivity contribution in [3.63, 3.8) is 0 Å². The van der Waals surface area contributed by atoms with Crippen LogP contribution in [0.2, 0.25) is 0 Å². The zero-order chi connectivity index (χ0) is 25.9. The molecule has 0 aromatic heterocycles. The Bertz CT molecular complexity index is 740. The van der Waals surface area contributed by atoms with Crippen LogP contribution in [0.4, 0.5) is 0 Å². The van der Waals surface area contributed by atoms with Gasteiger partial charge in [0.1, 0.15) is 18.1 Å². The molecule has 0 saturated heterocycles. The van der Waals surface area contributed by atoms with Crippen molar-refractivity contribution in [3.05, 3.63) is 0 Å². The molecule has 0 heterocycles. The Morgan fingerprint density at radius 3 is 1.76 bits per heavy atom. The van der Waals surface area contributed by atoms with Gasteiger partial charge >= 0.3 is 11.9 Å². The standard InChI is InChI=1S/C20H35N5O8/c1-9(2)7-11(21)17(29)24-13(8-14(22)26)19(31)23-12(5-6-15(27)28)18(30)25-16(10(3)4)20(32)33/h9-13,16H,5-8,21H2,1-4H3,(H2,22,26)(H,23,31)(H,24,29)(H,25,30)(H,27,28)(H,32,33). The van der Waals surface area contributed by atoms with Crippen molar-refractivity contribution in [2.24, 2.45) is 23.3 Å². The van der Waals surface area contributed by atoms with Crippen molar-refractivity contribution in [2.45, 2.75) is 77.5 Å². The van der Waals surface area contributed by atoms with Crippen molar-refractivity contribution in [1.29, 1.82) is 0 Å². The number of primary amides is 1. The van der Waals surface area contributed by atoms with E-state index in [0.29, 0.717) is 6.42 Å². The molecule has 4 atom stereocenters. The number of carbonyl (C=O) groups is 6. The molecule has 0 aliphatic rings. The Labute approximate surface area is 192 Å². The highest BCUT2D eigenvalue weighted by molar-refractivity contribution is 5.96. The molecule has 0 radical (unpaired) electrons. The number of rotatable bonds is 15. The molecule has 9 N–H and O–H groups in total. The minimum absolute atomic E-state index is 0.0846. The van der Waals surface area contributed by atoms with Crippen molar-refractivity contribution in [1.82, 2.24) is 16.0 Å². The highest BCUT2D eigenvalue weighted by atomic mass is 16.4. The molecule has 0 aromatic rings. The number of amides is 4. The van der Waals surface area contributed by atoms with E-state index in [1.54, 1.807) is 13.8 Å². The van der Waals surface area contributed by atoms with E-state index < -0.39 is 78.5 Å². The first kappa shape index (κ1) is 29.8. The minimum Gasteiger partial charge on any atom is -0.481 e. The summed E-state index contributed by atoms with van der Waals surface area (Å²) in [5, 5.41) is 25.1. The van der Waals surface area contributed by atoms with E-state index in [2.05, 4.69) is 16.0 Å². The van der Waals surface area contributed by atoms with Crippen LogP contribution in [-0.4, -0.2) is 69.9 Å². The Hall–Kier alpha value is -3.22. The number of nitrogens with one attached hydrogen (secondary N) is 3. The molecule has 0 fully saturated rings. The maximum absolute atomic E-state index is 12.8. The number of hydrogen-bond acceptors (Lipinski definition) is 7. The van der Waals surface area contributed by atoms with E-state index in [1.807, 2.05) is 13.8 Å². The lowest BCUT2D eigenvalue weighted by Crippen LogP contribution is -2.58.